The van der Waals surface area contributed by atoms with Gasteiger partial charge in [-0.2, -0.15) is 0 Å². The van der Waals surface area contributed by atoms with E-state index in [9.17, 15) is 4.39 Å². The first-order chi connectivity index (χ1) is 11.7. The molecule has 0 bridgehead atoms. The van der Waals surface area contributed by atoms with Crippen LogP contribution in [0.3, 0.4) is 0 Å². The van der Waals surface area contributed by atoms with Crippen molar-refractivity contribution in [1.82, 2.24) is 0 Å². The molecule has 0 aliphatic carbocycles. The number of aryl methyl sites for hydroxylation is 1. The quantitative estimate of drug-likeness (QED) is 0.341. The van der Waals surface area contributed by atoms with Gasteiger partial charge in [-0.05, 0) is 36.2 Å². The third kappa shape index (κ3) is 5.77. The Kier molecular flexibility index (Phi) is 8.61. The van der Waals surface area contributed by atoms with Gasteiger partial charge in [0.2, 0.25) is 0 Å². The van der Waals surface area contributed by atoms with Crippen LogP contribution >= 0.6 is 28.5 Å². The van der Waals surface area contributed by atoms with Gasteiger partial charge in [-0.15, -0.1) is 6.54 Å². The van der Waals surface area contributed by atoms with E-state index in [-0.39, 0.29) is 11.9 Å². The minimum atomic E-state index is -0.224. The van der Waals surface area contributed by atoms with E-state index in [0.29, 0.717) is 0 Å². The molecule has 0 saturated carbocycles. The van der Waals surface area contributed by atoms with Crippen molar-refractivity contribution in [2.75, 3.05) is 6.54 Å². The number of hydrogen-bond donors (Lipinski definition) is 0. The standard InChI is InChI=1S/C18H18FN2.2BrH.Ni/c1-13-12-15(19)9-10-16(13)21-18(17-8-5-11-20-17)14-6-3-2-4-7-14;;;/h2-4,6-7,9-10,12,17H,5,8,11H2,1H3;2*1H;/q-1;;;+3/p-2. The summed E-state index contributed by atoms with van der Waals surface area (Å²) in [6, 6.07) is 15.0. The number of hydrogen-bond acceptors (Lipinski definition) is 1. The van der Waals surface area contributed by atoms with E-state index >= 15 is 0 Å². The van der Waals surface area contributed by atoms with Crippen LogP contribution in [0, 0.1) is 12.7 Å². The second kappa shape index (κ2) is 10.4. The average Bonchev–Trinajstić information content (AvgIpc) is 3.10. The van der Waals surface area contributed by atoms with Crippen LogP contribution < -0.4 is 0 Å². The molecule has 1 fully saturated rings. The summed E-state index contributed by atoms with van der Waals surface area (Å²) >= 11 is 6.00. The predicted octanol–water partition coefficient (Wildman–Crippen LogP) is 6.48. The molecule has 0 amide bonds. The Labute approximate surface area is 162 Å². The molecular formula is C18H18Br2FN2Ni. The van der Waals surface area contributed by atoms with Crippen LogP contribution in [0.15, 0.2) is 53.5 Å². The monoisotopic (exact) mass is 497 g/mol. The Hall–Kier alpha value is -0.546. The fourth-order valence-electron chi connectivity index (χ4n) is 2.66. The van der Waals surface area contributed by atoms with Crippen molar-refractivity contribution in [1.29, 1.82) is 0 Å². The molecule has 1 heterocycles. The van der Waals surface area contributed by atoms with E-state index in [4.69, 9.17) is 4.99 Å². The van der Waals surface area contributed by atoms with Crippen LogP contribution in [0.25, 0.3) is 5.32 Å². The minimum absolute atomic E-state index is 0.150. The van der Waals surface area contributed by atoms with Crippen LogP contribution in [-0.4, -0.2) is 18.3 Å². The fraction of sp³-hybridized carbons (Fsp3) is 0.278. The molecule has 24 heavy (non-hydrogen) atoms. The van der Waals surface area contributed by atoms with Gasteiger partial charge in [0.15, 0.2) is 0 Å². The first-order valence-corrected chi connectivity index (χ1v) is 12.4. The van der Waals surface area contributed by atoms with Gasteiger partial charge in [0, 0.05) is 5.71 Å². The van der Waals surface area contributed by atoms with Crippen molar-refractivity contribution in [3.05, 3.63) is 70.8 Å². The number of rotatable bonds is 3. The first-order valence-electron chi connectivity index (χ1n) is 7.55. The van der Waals surface area contributed by atoms with Gasteiger partial charge in [0.1, 0.15) is 5.82 Å². The molecule has 6 heteroatoms. The number of aliphatic imine (C=N–C) groups is 1. The van der Waals surface area contributed by atoms with Gasteiger partial charge in [-0.1, -0.05) is 49.2 Å². The molecule has 0 spiro atoms. The summed E-state index contributed by atoms with van der Waals surface area (Å²) in [6.07, 6.45) is 2.15. The van der Waals surface area contributed by atoms with Crippen molar-refractivity contribution in [2.24, 2.45) is 4.99 Å². The summed E-state index contributed by atoms with van der Waals surface area (Å²) in [5, 5.41) is 4.65. The van der Waals surface area contributed by atoms with Crippen molar-refractivity contribution < 1.29 is 15.3 Å². The third-order valence-electron chi connectivity index (χ3n) is 3.77. The molecule has 1 saturated heterocycles. The molecule has 1 unspecified atom stereocenters. The second-order valence-electron chi connectivity index (χ2n) is 5.40. The van der Waals surface area contributed by atoms with Gasteiger partial charge >= 0.3 is 39.3 Å². The zero-order chi connectivity index (χ0) is 17.4. The van der Waals surface area contributed by atoms with E-state index in [1.807, 2.05) is 25.1 Å². The van der Waals surface area contributed by atoms with Gasteiger partial charge in [0.05, 0.1) is 5.69 Å². The Morgan fingerprint density at radius 3 is 2.50 bits per heavy atom. The van der Waals surface area contributed by atoms with Crippen molar-refractivity contribution in [2.45, 2.75) is 25.8 Å². The maximum absolute atomic E-state index is 13.2. The molecule has 3 rings (SSSR count). The zero-order valence-electron chi connectivity index (χ0n) is 13.2. The Morgan fingerprint density at radius 1 is 1.21 bits per heavy atom. The van der Waals surface area contributed by atoms with E-state index in [1.54, 1.807) is 6.07 Å². The topological polar surface area (TPSA) is 26.5 Å². The molecule has 0 radical (unpaired) electrons. The number of benzene rings is 2. The van der Waals surface area contributed by atoms with Crippen LogP contribution in [0.1, 0.15) is 24.0 Å². The van der Waals surface area contributed by atoms with E-state index in [1.165, 1.54) is 23.0 Å². The summed E-state index contributed by atoms with van der Waals surface area (Å²) < 4.78 is 13.2. The fourth-order valence-corrected chi connectivity index (χ4v) is 2.66. The van der Waals surface area contributed by atoms with Gasteiger partial charge in [-0.3, -0.25) is 4.99 Å². The van der Waals surface area contributed by atoms with Crippen LogP contribution in [-0.2, 0) is 10.9 Å². The molecule has 2 nitrogen and oxygen atoms in total. The molecular weight excluding hydrogens is 482 g/mol. The zero-order valence-corrected chi connectivity index (χ0v) is 17.3. The van der Waals surface area contributed by atoms with Crippen molar-refractivity contribution in [3.63, 3.8) is 0 Å². The van der Waals surface area contributed by atoms with Crippen LogP contribution in [0.4, 0.5) is 10.1 Å². The second-order valence-corrected chi connectivity index (χ2v) is 10.4. The SMILES string of the molecule is Cc1cc(F)ccc1N=C(c1ccccc1)C1CCC[N-]1.[Br][Ni+][Br]. The van der Waals surface area contributed by atoms with E-state index in [0.717, 1.165) is 41.9 Å². The molecule has 0 aromatic heterocycles. The molecule has 2 aromatic carbocycles. The Bertz CT molecular complexity index is 674. The normalized spacial score (nSPS) is 17.5. The first kappa shape index (κ1) is 19.8. The summed E-state index contributed by atoms with van der Waals surface area (Å²) in [5.41, 5.74) is 3.75. The Balaban J connectivity index is 0.000000647. The number of halogens is 3. The molecule has 2 aromatic rings. The predicted molar refractivity (Wildman–Crippen MR) is 103 cm³/mol. The van der Waals surface area contributed by atoms with Crippen molar-refractivity contribution in [3.8, 4) is 0 Å². The molecule has 1 atom stereocenters. The number of nitrogens with zero attached hydrogens (tertiary/aromatic N) is 2. The molecule has 1 aliphatic rings. The maximum atomic E-state index is 13.2. The van der Waals surface area contributed by atoms with Gasteiger partial charge in [-0.25, -0.2) is 4.39 Å². The molecule has 131 valence electrons. The van der Waals surface area contributed by atoms with Crippen LogP contribution in [0.2, 0.25) is 0 Å². The Morgan fingerprint density at radius 2 is 1.92 bits per heavy atom. The summed E-state index contributed by atoms with van der Waals surface area (Å²) in [7, 11) is 1.25. The summed E-state index contributed by atoms with van der Waals surface area (Å²) in [4.78, 5) is 4.81. The van der Waals surface area contributed by atoms with Gasteiger partial charge < -0.3 is 5.32 Å². The summed E-state index contributed by atoms with van der Waals surface area (Å²) in [5.74, 6) is -0.224. The van der Waals surface area contributed by atoms with Gasteiger partial charge in [0.25, 0.3) is 0 Å². The third-order valence-corrected chi connectivity index (χ3v) is 3.77. The molecule has 0 N–H and O–H groups in total. The van der Waals surface area contributed by atoms with Crippen LogP contribution in [0.5, 0.6) is 0 Å². The van der Waals surface area contributed by atoms with E-state index in [2.05, 4.69) is 45.9 Å². The summed E-state index contributed by atoms with van der Waals surface area (Å²) in [6.45, 7) is 2.79. The van der Waals surface area contributed by atoms with E-state index < -0.39 is 0 Å². The average molecular weight is 500 g/mol. The molecule has 1 aliphatic heterocycles. The van der Waals surface area contributed by atoms with Crippen molar-refractivity contribution >= 4 is 39.9 Å².